The van der Waals surface area contributed by atoms with Crippen LogP contribution >= 0.6 is 11.3 Å². The highest BCUT2D eigenvalue weighted by Crippen LogP contribution is 2.42. The molecule has 3 aromatic rings. The van der Waals surface area contributed by atoms with E-state index in [2.05, 4.69) is 0 Å². The lowest BCUT2D eigenvalue weighted by atomic mass is 10.0. The molecule has 1 amide bonds. The molecule has 30 heavy (non-hydrogen) atoms. The van der Waals surface area contributed by atoms with Crippen LogP contribution in [0.4, 0.5) is 5.69 Å². The average Bonchev–Trinajstić information content (AvgIpc) is 3.16. The number of rotatable bonds is 6. The summed E-state index contributed by atoms with van der Waals surface area (Å²) in [6.07, 6.45) is 0. The largest absolute Gasteiger partial charge is 0.366 e. The minimum absolute atomic E-state index is 0.0403. The maximum atomic E-state index is 13.6. The monoisotopic (exact) mass is 441 g/mol. The second kappa shape index (κ2) is 8.06. The van der Waals surface area contributed by atoms with Gasteiger partial charge in [0.2, 0.25) is 5.91 Å². The minimum Gasteiger partial charge on any atom is -0.366 e. The van der Waals surface area contributed by atoms with E-state index in [1.807, 2.05) is 6.07 Å². The number of carbonyl (C=O) groups excluding carboxylic acids is 1. The van der Waals surface area contributed by atoms with Gasteiger partial charge in [0, 0.05) is 17.2 Å². The van der Waals surface area contributed by atoms with Crippen molar-refractivity contribution in [3.05, 3.63) is 91.2 Å². The maximum Gasteiger partial charge on any atom is 0.275 e. The molecule has 1 unspecified atom stereocenters. The average molecular weight is 441 g/mol. The lowest BCUT2D eigenvalue weighted by Crippen LogP contribution is -2.18. The molecule has 1 aromatic heterocycles. The van der Waals surface area contributed by atoms with Crippen LogP contribution in [0.3, 0.4) is 0 Å². The van der Waals surface area contributed by atoms with Crippen LogP contribution in [-0.4, -0.2) is 19.2 Å². The smallest absolute Gasteiger partial charge is 0.275 e. The van der Waals surface area contributed by atoms with Gasteiger partial charge in [-0.25, -0.2) is 8.42 Å². The summed E-state index contributed by atoms with van der Waals surface area (Å²) in [5.41, 5.74) is 5.36. The Morgan fingerprint density at radius 3 is 2.40 bits per heavy atom. The van der Waals surface area contributed by atoms with Crippen molar-refractivity contribution in [2.75, 3.05) is 0 Å². The van der Waals surface area contributed by atoms with E-state index >= 15 is 0 Å². The molecule has 0 aliphatic rings. The second-order valence-electron chi connectivity index (χ2n) is 6.45. The van der Waals surface area contributed by atoms with Crippen LogP contribution in [0.25, 0.3) is 0 Å². The molecule has 10 heteroatoms. The number of amides is 1. The van der Waals surface area contributed by atoms with Crippen LogP contribution in [-0.2, 0) is 9.84 Å². The number of hydrogen-bond acceptors (Lipinski definition) is 7. The van der Waals surface area contributed by atoms with E-state index in [0.717, 1.165) is 23.0 Å². The first-order valence-electron chi connectivity index (χ1n) is 8.53. The molecule has 0 radical (unpaired) electrons. The van der Waals surface area contributed by atoms with Crippen LogP contribution < -0.4 is 5.73 Å². The fourth-order valence-corrected chi connectivity index (χ4v) is 5.71. The van der Waals surface area contributed by atoms with Crippen molar-refractivity contribution in [3.63, 3.8) is 0 Å². The van der Waals surface area contributed by atoms with Gasteiger partial charge in [-0.2, -0.15) is 5.26 Å². The highest BCUT2D eigenvalue weighted by molar-refractivity contribution is 7.92. The molecule has 0 saturated carbocycles. The number of nitrogens with zero attached hydrogens (tertiary/aromatic N) is 2. The Hall–Kier alpha value is -3.55. The first kappa shape index (κ1) is 21.2. The summed E-state index contributed by atoms with van der Waals surface area (Å²) < 4.78 is 27.2. The number of nitrogens with two attached hydrogens (primary N) is 1. The van der Waals surface area contributed by atoms with Crippen molar-refractivity contribution < 1.29 is 18.1 Å². The molecule has 3 rings (SSSR count). The van der Waals surface area contributed by atoms with E-state index in [4.69, 9.17) is 5.73 Å². The number of aryl methyl sites for hydroxylation is 1. The lowest BCUT2D eigenvalue weighted by Gasteiger charge is -2.19. The Kier molecular flexibility index (Phi) is 5.69. The summed E-state index contributed by atoms with van der Waals surface area (Å²) in [4.78, 5) is 22.5. The van der Waals surface area contributed by atoms with Gasteiger partial charge in [0.25, 0.3) is 5.69 Å². The van der Waals surface area contributed by atoms with Gasteiger partial charge in [0.15, 0.2) is 9.84 Å². The summed E-state index contributed by atoms with van der Waals surface area (Å²) in [5, 5.41) is 21.2. The van der Waals surface area contributed by atoms with Crippen molar-refractivity contribution in [1.82, 2.24) is 0 Å². The quantitative estimate of drug-likeness (QED) is 0.458. The molecule has 0 bridgehead atoms. The van der Waals surface area contributed by atoms with Crippen LogP contribution in [0, 0.1) is 28.4 Å². The Morgan fingerprint density at radius 2 is 1.83 bits per heavy atom. The zero-order chi connectivity index (χ0) is 22.1. The SMILES string of the molecule is Cc1ccc(S(=O)(=O)C(c2ccc(C(N)=O)cc2[N+](=O)[O-])c2ccsc2C#N)cc1. The second-order valence-corrected chi connectivity index (χ2v) is 9.40. The van der Waals surface area contributed by atoms with Gasteiger partial charge in [-0.15, -0.1) is 11.3 Å². The van der Waals surface area contributed by atoms with E-state index in [0.29, 0.717) is 0 Å². The van der Waals surface area contributed by atoms with Crippen LogP contribution in [0.1, 0.15) is 37.2 Å². The van der Waals surface area contributed by atoms with Crippen molar-refractivity contribution in [2.24, 2.45) is 5.73 Å². The zero-order valence-electron chi connectivity index (χ0n) is 15.6. The number of hydrogen-bond donors (Lipinski definition) is 1. The van der Waals surface area contributed by atoms with E-state index in [-0.39, 0.29) is 26.5 Å². The third kappa shape index (κ3) is 3.80. The van der Waals surface area contributed by atoms with E-state index in [9.17, 15) is 28.6 Å². The molecular weight excluding hydrogens is 426 g/mol. The predicted octanol–water partition coefficient (Wildman–Crippen LogP) is 3.50. The highest BCUT2D eigenvalue weighted by Gasteiger charge is 2.37. The number of primary amides is 1. The highest BCUT2D eigenvalue weighted by atomic mass is 32.2. The zero-order valence-corrected chi connectivity index (χ0v) is 17.2. The first-order valence-corrected chi connectivity index (χ1v) is 11.0. The predicted molar refractivity (Wildman–Crippen MR) is 111 cm³/mol. The summed E-state index contributed by atoms with van der Waals surface area (Å²) in [5.74, 6) is -0.879. The molecule has 0 spiro atoms. The van der Waals surface area contributed by atoms with E-state index in [1.54, 1.807) is 24.4 Å². The summed E-state index contributed by atoms with van der Waals surface area (Å²) in [6, 6.07) is 12.9. The van der Waals surface area contributed by atoms with Crippen LogP contribution in [0.15, 0.2) is 58.8 Å². The van der Waals surface area contributed by atoms with Gasteiger partial charge >= 0.3 is 0 Å². The van der Waals surface area contributed by atoms with Crippen LogP contribution in [0.2, 0.25) is 0 Å². The molecule has 152 valence electrons. The molecule has 1 heterocycles. The van der Waals surface area contributed by atoms with Gasteiger partial charge < -0.3 is 5.73 Å². The first-order chi connectivity index (χ1) is 14.2. The summed E-state index contributed by atoms with van der Waals surface area (Å²) in [7, 11) is -4.18. The Morgan fingerprint density at radius 1 is 1.17 bits per heavy atom. The fourth-order valence-electron chi connectivity index (χ4n) is 3.06. The van der Waals surface area contributed by atoms with Gasteiger partial charge in [-0.05, 0) is 42.6 Å². The lowest BCUT2D eigenvalue weighted by molar-refractivity contribution is -0.385. The molecular formula is C20H15N3O5S2. The number of thiophene rings is 1. The Labute approximate surface area is 176 Å². The van der Waals surface area contributed by atoms with Crippen LogP contribution in [0.5, 0.6) is 0 Å². The minimum atomic E-state index is -4.18. The summed E-state index contributed by atoms with van der Waals surface area (Å²) >= 11 is 1.04. The molecule has 0 aliphatic heterocycles. The van der Waals surface area contributed by atoms with Crippen molar-refractivity contribution in [2.45, 2.75) is 17.1 Å². The molecule has 8 nitrogen and oxygen atoms in total. The van der Waals surface area contributed by atoms with E-state index in [1.165, 1.54) is 30.3 Å². The third-order valence-electron chi connectivity index (χ3n) is 4.53. The topological polar surface area (TPSA) is 144 Å². The molecule has 0 fully saturated rings. The molecule has 2 aromatic carbocycles. The number of nitro benzene ring substituents is 1. The number of nitro groups is 1. The number of sulfone groups is 1. The molecule has 0 aliphatic carbocycles. The number of nitriles is 1. The maximum absolute atomic E-state index is 13.6. The van der Waals surface area contributed by atoms with Crippen molar-refractivity contribution >= 4 is 32.8 Å². The Bertz CT molecular complexity index is 1290. The van der Waals surface area contributed by atoms with Crippen molar-refractivity contribution in [1.29, 1.82) is 5.26 Å². The van der Waals surface area contributed by atoms with Crippen molar-refractivity contribution in [3.8, 4) is 6.07 Å². The van der Waals surface area contributed by atoms with E-state index < -0.39 is 31.6 Å². The Balaban J connectivity index is 2.35. The van der Waals surface area contributed by atoms with Gasteiger partial charge in [0.05, 0.1) is 15.4 Å². The normalized spacial score (nSPS) is 12.1. The molecule has 0 saturated heterocycles. The fraction of sp³-hybridized carbons (Fsp3) is 0.100. The molecule has 1 atom stereocenters. The number of carbonyl (C=O) groups is 1. The molecule has 2 N–H and O–H groups in total. The van der Waals surface area contributed by atoms with Gasteiger partial charge in [-0.3, -0.25) is 14.9 Å². The van der Waals surface area contributed by atoms with Gasteiger partial charge in [0.1, 0.15) is 16.2 Å². The number of benzene rings is 2. The van der Waals surface area contributed by atoms with Gasteiger partial charge in [-0.1, -0.05) is 17.7 Å². The summed E-state index contributed by atoms with van der Waals surface area (Å²) in [6.45, 7) is 1.80. The third-order valence-corrected chi connectivity index (χ3v) is 7.43. The standard InChI is InChI=1S/C20H15N3O5S2/c1-12-2-5-14(6-3-12)30(27,28)19(16-8-9-29-18(16)11-21)15-7-4-13(20(22)24)10-17(15)23(25)26/h2-10,19H,1H3,(H2,22,24).